The molecule has 144 valence electrons. The second-order valence-electron chi connectivity index (χ2n) is 6.58. The van der Waals surface area contributed by atoms with E-state index in [1.165, 1.54) is 18.4 Å². The standard InChI is InChI=1S/C17H27N5O3S/c1-6-18-14-8-7-13(26(23,24)22(4)5)10-15(14)19-11-17-20-16(21-25-17)9-12(2)3/h7-8,10,12,18-19H,6,9,11H2,1-5H3. The summed E-state index contributed by atoms with van der Waals surface area (Å²) in [6.45, 7) is 7.19. The minimum Gasteiger partial charge on any atom is -0.384 e. The van der Waals surface area contributed by atoms with Crippen molar-refractivity contribution in [2.45, 2.75) is 38.6 Å². The molecular formula is C17H27N5O3S. The molecule has 2 rings (SSSR count). The van der Waals surface area contributed by atoms with E-state index in [-0.39, 0.29) is 4.90 Å². The van der Waals surface area contributed by atoms with Gasteiger partial charge in [0.15, 0.2) is 5.82 Å². The number of rotatable bonds is 9. The van der Waals surface area contributed by atoms with Gasteiger partial charge in [-0.05, 0) is 31.0 Å². The number of nitrogens with one attached hydrogen (secondary N) is 2. The van der Waals surface area contributed by atoms with Crippen LogP contribution in [0.15, 0.2) is 27.6 Å². The first-order chi connectivity index (χ1) is 12.2. The highest BCUT2D eigenvalue weighted by atomic mass is 32.2. The molecule has 0 bridgehead atoms. The van der Waals surface area contributed by atoms with Crippen LogP contribution in [0.5, 0.6) is 0 Å². The first kappa shape index (κ1) is 20.2. The van der Waals surface area contributed by atoms with Crippen LogP contribution in [-0.4, -0.2) is 43.5 Å². The third kappa shape index (κ3) is 4.95. The smallest absolute Gasteiger partial charge is 0.245 e. The summed E-state index contributed by atoms with van der Waals surface area (Å²) < 4.78 is 31.2. The van der Waals surface area contributed by atoms with E-state index in [2.05, 4.69) is 34.6 Å². The van der Waals surface area contributed by atoms with Crippen LogP contribution < -0.4 is 10.6 Å². The van der Waals surface area contributed by atoms with Gasteiger partial charge in [0.1, 0.15) is 0 Å². The number of hydrogen-bond acceptors (Lipinski definition) is 7. The van der Waals surface area contributed by atoms with Gasteiger partial charge < -0.3 is 15.2 Å². The molecule has 0 aliphatic heterocycles. The molecule has 9 heteroatoms. The largest absolute Gasteiger partial charge is 0.384 e. The molecule has 1 aromatic heterocycles. The second-order valence-corrected chi connectivity index (χ2v) is 8.73. The van der Waals surface area contributed by atoms with E-state index in [4.69, 9.17) is 4.52 Å². The molecule has 1 heterocycles. The van der Waals surface area contributed by atoms with Crippen molar-refractivity contribution in [3.63, 3.8) is 0 Å². The quantitative estimate of drug-likeness (QED) is 0.688. The Morgan fingerprint density at radius 2 is 1.92 bits per heavy atom. The molecule has 0 fully saturated rings. The molecule has 0 saturated heterocycles. The summed E-state index contributed by atoms with van der Waals surface area (Å²) in [6.07, 6.45) is 0.753. The van der Waals surface area contributed by atoms with Crippen LogP contribution in [0.2, 0.25) is 0 Å². The number of benzene rings is 1. The van der Waals surface area contributed by atoms with E-state index in [9.17, 15) is 8.42 Å². The maximum absolute atomic E-state index is 12.4. The fourth-order valence-electron chi connectivity index (χ4n) is 2.37. The zero-order valence-corrected chi connectivity index (χ0v) is 16.7. The number of sulfonamides is 1. The second kappa shape index (κ2) is 8.50. The summed E-state index contributed by atoms with van der Waals surface area (Å²) >= 11 is 0. The number of nitrogens with zero attached hydrogens (tertiary/aromatic N) is 3. The summed E-state index contributed by atoms with van der Waals surface area (Å²) in [5.74, 6) is 1.58. The predicted molar refractivity (Wildman–Crippen MR) is 102 cm³/mol. The Morgan fingerprint density at radius 1 is 1.19 bits per heavy atom. The number of aromatic nitrogens is 2. The molecule has 0 amide bonds. The molecule has 0 radical (unpaired) electrons. The number of anilines is 2. The Bertz CT molecular complexity index is 831. The molecule has 1 aromatic carbocycles. The minimum absolute atomic E-state index is 0.220. The molecule has 0 unspecified atom stereocenters. The minimum atomic E-state index is -3.51. The van der Waals surface area contributed by atoms with Crippen molar-refractivity contribution in [1.82, 2.24) is 14.4 Å². The Balaban J connectivity index is 2.21. The summed E-state index contributed by atoms with van der Waals surface area (Å²) in [5.41, 5.74) is 1.48. The SMILES string of the molecule is CCNc1ccc(S(=O)(=O)N(C)C)cc1NCc1nc(CC(C)C)no1. The fourth-order valence-corrected chi connectivity index (χ4v) is 3.29. The van der Waals surface area contributed by atoms with Crippen molar-refractivity contribution in [3.05, 3.63) is 29.9 Å². The lowest BCUT2D eigenvalue weighted by molar-refractivity contribution is 0.375. The molecule has 0 atom stereocenters. The van der Waals surface area contributed by atoms with Crippen LogP contribution in [-0.2, 0) is 23.0 Å². The normalized spacial score (nSPS) is 12.0. The van der Waals surface area contributed by atoms with Crippen molar-refractivity contribution in [2.24, 2.45) is 5.92 Å². The average Bonchev–Trinajstić information content (AvgIpc) is 3.00. The maximum Gasteiger partial charge on any atom is 0.245 e. The molecule has 26 heavy (non-hydrogen) atoms. The van der Waals surface area contributed by atoms with Gasteiger partial charge in [0.05, 0.1) is 22.8 Å². The van der Waals surface area contributed by atoms with E-state index in [0.717, 1.165) is 12.1 Å². The van der Waals surface area contributed by atoms with Crippen molar-refractivity contribution < 1.29 is 12.9 Å². The first-order valence-electron chi connectivity index (χ1n) is 8.59. The Kier molecular flexibility index (Phi) is 6.60. The topological polar surface area (TPSA) is 100 Å². The molecule has 0 spiro atoms. The molecule has 0 saturated carbocycles. The molecule has 8 nitrogen and oxygen atoms in total. The molecular weight excluding hydrogens is 354 g/mol. The van der Waals surface area contributed by atoms with E-state index in [1.807, 2.05) is 6.92 Å². The third-order valence-corrected chi connectivity index (χ3v) is 5.48. The highest BCUT2D eigenvalue weighted by Crippen LogP contribution is 2.27. The van der Waals surface area contributed by atoms with Gasteiger partial charge in [0.25, 0.3) is 0 Å². The van der Waals surface area contributed by atoms with Gasteiger partial charge in [0.2, 0.25) is 15.9 Å². The predicted octanol–water partition coefficient (Wildman–Crippen LogP) is 2.56. The molecule has 0 aliphatic carbocycles. The highest BCUT2D eigenvalue weighted by Gasteiger charge is 2.19. The zero-order valence-electron chi connectivity index (χ0n) is 15.9. The van der Waals surface area contributed by atoms with Gasteiger partial charge in [-0.2, -0.15) is 4.98 Å². The summed E-state index contributed by atoms with van der Waals surface area (Å²) in [4.78, 5) is 4.57. The van der Waals surface area contributed by atoms with Crippen LogP contribution in [0.4, 0.5) is 11.4 Å². The van der Waals surface area contributed by atoms with Gasteiger partial charge in [-0.3, -0.25) is 0 Å². The Hall–Kier alpha value is -2.13. The Labute approximate surface area is 155 Å². The maximum atomic E-state index is 12.4. The van der Waals surface area contributed by atoms with Gasteiger partial charge in [-0.15, -0.1) is 0 Å². The van der Waals surface area contributed by atoms with Crippen LogP contribution in [0.25, 0.3) is 0 Å². The average molecular weight is 382 g/mol. The highest BCUT2D eigenvalue weighted by molar-refractivity contribution is 7.89. The van der Waals surface area contributed by atoms with Gasteiger partial charge in [-0.25, -0.2) is 12.7 Å². The zero-order chi connectivity index (χ0) is 19.3. The lowest BCUT2D eigenvalue weighted by Gasteiger charge is -2.16. The van der Waals surface area contributed by atoms with E-state index >= 15 is 0 Å². The third-order valence-electron chi connectivity index (χ3n) is 3.67. The van der Waals surface area contributed by atoms with Crippen molar-refractivity contribution >= 4 is 21.4 Å². The molecule has 2 aromatic rings. The summed E-state index contributed by atoms with van der Waals surface area (Å²) in [7, 11) is -0.491. The lowest BCUT2D eigenvalue weighted by Crippen LogP contribution is -2.22. The number of hydrogen-bond donors (Lipinski definition) is 2. The van der Waals surface area contributed by atoms with Gasteiger partial charge in [0, 0.05) is 27.1 Å². The Morgan fingerprint density at radius 3 is 2.54 bits per heavy atom. The van der Waals surface area contributed by atoms with E-state index in [0.29, 0.717) is 36.4 Å². The van der Waals surface area contributed by atoms with E-state index < -0.39 is 10.0 Å². The first-order valence-corrected chi connectivity index (χ1v) is 10.0. The van der Waals surface area contributed by atoms with Crippen molar-refractivity contribution in [3.8, 4) is 0 Å². The van der Waals surface area contributed by atoms with Crippen LogP contribution in [0.1, 0.15) is 32.5 Å². The summed E-state index contributed by atoms with van der Waals surface area (Å²) in [5, 5.41) is 10.4. The lowest BCUT2D eigenvalue weighted by atomic mass is 10.1. The summed E-state index contributed by atoms with van der Waals surface area (Å²) in [6, 6.07) is 4.95. The fraction of sp³-hybridized carbons (Fsp3) is 0.529. The molecule has 2 N–H and O–H groups in total. The monoisotopic (exact) mass is 381 g/mol. The van der Waals surface area contributed by atoms with Crippen LogP contribution >= 0.6 is 0 Å². The molecule has 0 aliphatic rings. The van der Waals surface area contributed by atoms with Gasteiger partial charge in [-0.1, -0.05) is 19.0 Å². The van der Waals surface area contributed by atoms with Gasteiger partial charge >= 0.3 is 0 Å². The van der Waals surface area contributed by atoms with Crippen LogP contribution in [0.3, 0.4) is 0 Å². The van der Waals surface area contributed by atoms with Crippen molar-refractivity contribution in [2.75, 3.05) is 31.3 Å². The van der Waals surface area contributed by atoms with E-state index in [1.54, 1.807) is 18.2 Å². The van der Waals surface area contributed by atoms with Crippen molar-refractivity contribution in [1.29, 1.82) is 0 Å². The van der Waals surface area contributed by atoms with Crippen LogP contribution in [0, 0.1) is 5.92 Å².